The lowest BCUT2D eigenvalue weighted by molar-refractivity contribution is 0.180. The molecule has 21 heavy (non-hydrogen) atoms. The van der Waals surface area contributed by atoms with Gasteiger partial charge < -0.3 is 4.90 Å². The molecule has 0 aliphatic carbocycles. The van der Waals surface area contributed by atoms with Crippen molar-refractivity contribution in [2.75, 3.05) is 24.5 Å². The smallest absolute Gasteiger partial charge is 0.132 e. The van der Waals surface area contributed by atoms with Crippen LogP contribution in [0.1, 0.15) is 18.3 Å². The number of aryl methyl sites for hydroxylation is 2. The van der Waals surface area contributed by atoms with Gasteiger partial charge in [-0.3, -0.25) is 9.58 Å². The molecule has 0 aromatic carbocycles. The van der Waals surface area contributed by atoms with Gasteiger partial charge in [0.2, 0.25) is 0 Å². The van der Waals surface area contributed by atoms with Crippen LogP contribution in [0.2, 0.25) is 0 Å². The molecule has 1 atom stereocenters. The van der Waals surface area contributed by atoms with Crippen molar-refractivity contribution >= 4 is 5.82 Å². The molecular formula is C15H22N6. The van der Waals surface area contributed by atoms with Crippen molar-refractivity contribution < 1.29 is 0 Å². The van der Waals surface area contributed by atoms with E-state index in [1.54, 1.807) is 0 Å². The Kier molecular flexibility index (Phi) is 3.88. The summed E-state index contributed by atoms with van der Waals surface area (Å²) in [5.74, 6) is 1.87. The van der Waals surface area contributed by atoms with Crippen LogP contribution in [0.25, 0.3) is 0 Å². The molecule has 0 amide bonds. The summed E-state index contributed by atoms with van der Waals surface area (Å²) in [5, 5.41) is 4.24. The van der Waals surface area contributed by atoms with Gasteiger partial charge in [-0.05, 0) is 19.9 Å². The molecule has 1 aliphatic rings. The molecule has 6 nitrogen and oxygen atoms in total. The van der Waals surface area contributed by atoms with Crippen LogP contribution in [0.4, 0.5) is 5.82 Å². The maximum Gasteiger partial charge on any atom is 0.132 e. The van der Waals surface area contributed by atoms with Crippen molar-refractivity contribution in [2.24, 2.45) is 7.05 Å². The second-order valence-corrected chi connectivity index (χ2v) is 5.75. The number of nitrogens with zero attached hydrogens (tertiary/aromatic N) is 6. The van der Waals surface area contributed by atoms with E-state index in [0.29, 0.717) is 6.04 Å². The van der Waals surface area contributed by atoms with Crippen LogP contribution < -0.4 is 4.90 Å². The Morgan fingerprint density at radius 2 is 2.19 bits per heavy atom. The summed E-state index contributed by atoms with van der Waals surface area (Å²) in [6.45, 7) is 8.21. The van der Waals surface area contributed by atoms with Crippen LogP contribution in [0.5, 0.6) is 0 Å². The molecule has 1 aliphatic heterocycles. The SMILES string of the molecule is Cc1nccc(N2CCN(Cc3cnn(C)c3)C(C)C2)n1. The van der Waals surface area contributed by atoms with Crippen molar-refractivity contribution in [3.63, 3.8) is 0 Å². The van der Waals surface area contributed by atoms with E-state index in [-0.39, 0.29) is 0 Å². The van der Waals surface area contributed by atoms with Crippen molar-refractivity contribution in [1.29, 1.82) is 0 Å². The first kappa shape index (κ1) is 14.0. The highest BCUT2D eigenvalue weighted by molar-refractivity contribution is 5.38. The zero-order valence-electron chi connectivity index (χ0n) is 12.9. The van der Waals surface area contributed by atoms with Gasteiger partial charge in [-0.25, -0.2) is 9.97 Å². The molecule has 2 aromatic rings. The Hall–Kier alpha value is -1.95. The van der Waals surface area contributed by atoms with Crippen LogP contribution in [-0.2, 0) is 13.6 Å². The highest BCUT2D eigenvalue weighted by atomic mass is 15.3. The minimum absolute atomic E-state index is 0.495. The number of anilines is 1. The first-order valence-electron chi connectivity index (χ1n) is 7.38. The summed E-state index contributed by atoms with van der Waals surface area (Å²) in [6, 6.07) is 2.49. The fourth-order valence-electron chi connectivity index (χ4n) is 2.85. The van der Waals surface area contributed by atoms with E-state index in [2.05, 4.69) is 38.0 Å². The van der Waals surface area contributed by atoms with Crippen molar-refractivity contribution in [1.82, 2.24) is 24.6 Å². The van der Waals surface area contributed by atoms with Gasteiger partial charge in [-0.2, -0.15) is 5.10 Å². The van der Waals surface area contributed by atoms with E-state index in [1.807, 2.05) is 37.1 Å². The number of rotatable bonds is 3. The van der Waals surface area contributed by atoms with Gasteiger partial charge in [0, 0.05) is 57.2 Å². The predicted octanol–water partition coefficient (Wildman–Crippen LogP) is 1.23. The quantitative estimate of drug-likeness (QED) is 0.849. The molecule has 0 saturated carbocycles. The second-order valence-electron chi connectivity index (χ2n) is 5.75. The minimum atomic E-state index is 0.495. The van der Waals surface area contributed by atoms with E-state index in [4.69, 9.17) is 0 Å². The number of hydrogen-bond acceptors (Lipinski definition) is 5. The Bertz CT molecular complexity index is 608. The molecule has 1 saturated heterocycles. The molecule has 2 aromatic heterocycles. The fraction of sp³-hybridized carbons (Fsp3) is 0.533. The summed E-state index contributed by atoms with van der Waals surface area (Å²) in [5.41, 5.74) is 1.27. The molecule has 3 heterocycles. The molecule has 0 spiro atoms. The Morgan fingerprint density at radius 3 is 2.86 bits per heavy atom. The van der Waals surface area contributed by atoms with Gasteiger partial charge in [0.1, 0.15) is 11.6 Å². The lowest BCUT2D eigenvalue weighted by Crippen LogP contribution is -2.51. The van der Waals surface area contributed by atoms with E-state index in [0.717, 1.165) is 37.8 Å². The Balaban J connectivity index is 1.64. The minimum Gasteiger partial charge on any atom is -0.354 e. The fourth-order valence-corrected chi connectivity index (χ4v) is 2.85. The van der Waals surface area contributed by atoms with Gasteiger partial charge >= 0.3 is 0 Å². The normalized spacial score (nSPS) is 20.0. The van der Waals surface area contributed by atoms with Gasteiger partial charge in [0.25, 0.3) is 0 Å². The second kappa shape index (κ2) is 5.81. The van der Waals surface area contributed by atoms with Gasteiger partial charge in [-0.15, -0.1) is 0 Å². The van der Waals surface area contributed by atoms with Gasteiger partial charge in [0.05, 0.1) is 6.20 Å². The topological polar surface area (TPSA) is 50.1 Å². The summed E-state index contributed by atoms with van der Waals surface area (Å²) < 4.78 is 1.86. The van der Waals surface area contributed by atoms with Crippen LogP contribution in [0.15, 0.2) is 24.7 Å². The van der Waals surface area contributed by atoms with Gasteiger partial charge in [0.15, 0.2) is 0 Å². The Morgan fingerprint density at radius 1 is 1.33 bits per heavy atom. The van der Waals surface area contributed by atoms with E-state index < -0.39 is 0 Å². The molecular weight excluding hydrogens is 264 g/mol. The average Bonchev–Trinajstić information content (AvgIpc) is 2.86. The summed E-state index contributed by atoms with van der Waals surface area (Å²) in [7, 11) is 1.96. The molecule has 112 valence electrons. The standard InChI is InChI=1S/C15H22N6/c1-12-9-21(15-4-5-16-13(2)18-15)7-6-20(12)11-14-8-17-19(3)10-14/h4-5,8,10,12H,6-7,9,11H2,1-3H3. The third kappa shape index (κ3) is 3.21. The lowest BCUT2D eigenvalue weighted by atomic mass is 10.1. The van der Waals surface area contributed by atoms with E-state index in [9.17, 15) is 0 Å². The Labute approximate surface area is 125 Å². The zero-order valence-corrected chi connectivity index (χ0v) is 12.9. The highest BCUT2D eigenvalue weighted by Gasteiger charge is 2.24. The van der Waals surface area contributed by atoms with Crippen molar-refractivity contribution in [2.45, 2.75) is 26.4 Å². The van der Waals surface area contributed by atoms with E-state index >= 15 is 0 Å². The maximum absolute atomic E-state index is 4.53. The highest BCUT2D eigenvalue weighted by Crippen LogP contribution is 2.18. The van der Waals surface area contributed by atoms with Crippen molar-refractivity contribution in [3.05, 3.63) is 36.0 Å². The summed E-state index contributed by atoms with van der Waals surface area (Å²) in [6.07, 6.45) is 5.88. The predicted molar refractivity (Wildman–Crippen MR) is 82.1 cm³/mol. The molecule has 1 fully saturated rings. The molecule has 1 unspecified atom stereocenters. The largest absolute Gasteiger partial charge is 0.354 e. The lowest BCUT2D eigenvalue weighted by Gasteiger charge is -2.40. The van der Waals surface area contributed by atoms with Crippen LogP contribution in [-0.4, -0.2) is 50.3 Å². The zero-order chi connectivity index (χ0) is 14.8. The van der Waals surface area contributed by atoms with Crippen molar-refractivity contribution in [3.8, 4) is 0 Å². The van der Waals surface area contributed by atoms with Crippen LogP contribution in [0.3, 0.4) is 0 Å². The first-order chi connectivity index (χ1) is 10.1. The molecule has 6 heteroatoms. The first-order valence-corrected chi connectivity index (χ1v) is 7.38. The molecule has 0 radical (unpaired) electrons. The van der Waals surface area contributed by atoms with E-state index in [1.165, 1.54) is 5.56 Å². The summed E-state index contributed by atoms with van der Waals surface area (Å²) >= 11 is 0. The van der Waals surface area contributed by atoms with Gasteiger partial charge in [-0.1, -0.05) is 0 Å². The number of piperazine rings is 1. The maximum atomic E-state index is 4.53. The molecule has 3 rings (SSSR count). The number of aromatic nitrogens is 4. The number of hydrogen-bond donors (Lipinski definition) is 0. The average molecular weight is 286 g/mol. The van der Waals surface area contributed by atoms with Crippen LogP contribution in [0, 0.1) is 6.92 Å². The molecule has 0 bridgehead atoms. The third-order valence-corrected chi connectivity index (χ3v) is 3.99. The molecule has 0 N–H and O–H groups in total. The third-order valence-electron chi connectivity index (χ3n) is 3.99. The summed E-state index contributed by atoms with van der Waals surface area (Å²) in [4.78, 5) is 13.5. The monoisotopic (exact) mass is 286 g/mol. The van der Waals surface area contributed by atoms with Crippen LogP contribution >= 0.6 is 0 Å².